The number of fused-ring (bicyclic) bond motifs is 1. The zero-order chi connectivity index (χ0) is 23.4. The maximum atomic E-state index is 13.1. The van der Waals surface area contributed by atoms with Gasteiger partial charge in [-0.3, -0.25) is 9.52 Å². The van der Waals surface area contributed by atoms with Gasteiger partial charge in [-0.25, -0.2) is 13.4 Å². The van der Waals surface area contributed by atoms with E-state index in [1.807, 2.05) is 37.3 Å². The standard InChI is InChI=1S/C24H19N3O4S2/c1-2-31-18-12-10-17(11-13-18)27-33(29,30)19-7-5-6-16(14-19)23(28)20(15-25)24-26-21-8-3-4-9-22(21)32-24/h3-14,20,27H,2H2,1H3. The van der Waals surface area contributed by atoms with Crippen molar-refractivity contribution < 1.29 is 17.9 Å². The van der Waals surface area contributed by atoms with Crippen LogP contribution < -0.4 is 9.46 Å². The quantitative estimate of drug-likeness (QED) is 0.358. The maximum absolute atomic E-state index is 13.1. The summed E-state index contributed by atoms with van der Waals surface area (Å²) in [6, 6.07) is 21.6. The highest BCUT2D eigenvalue weighted by atomic mass is 32.2. The number of ketones is 1. The molecular weight excluding hydrogens is 458 g/mol. The van der Waals surface area contributed by atoms with Crippen molar-refractivity contribution in [2.45, 2.75) is 17.7 Å². The van der Waals surface area contributed by atoms with E-state index in [0.29, 0.717) is 28.6 Å². The molecule has 9 heteroatoms. The number of nitrogens with zero attached hydrogens (tertiary/aromatic N) is 2. The van der Waals surface area contributed by atoms with Crippen LogP contribution in [0.4, 0.5) is 5.69 Å². The van der Waals surface area contributed by atoms with Gasteiger partial charge < -0.3 is 4.74 Å². The van der Waals surface area contributed by atoms with Crippen LogP contribution in [0.2, 0.25) is 0 Å². The lowest BCUT2D eigenvalue weighted by atomic mass is 9.99. The Balaban J connectivity index is 1.59. The molecule has 0 fully saturated rings. The van der Waals surface area contributed by atoms with E-state index < -0.39 is 21.7 Å². The molecular formula is C24H19N3O4S2. The molecule has 33 heavy (non-hydrogen) atoms. The SMILES string of the molecule is CCOc1ccc(NS(=O)(=O)c2cccc(C(=O)C(C#N)c3nc4ccccc4s3)c2)cc1. The number of para-hydroxylation sites is 1. The highest BCUT2D eigenvalue weighted by molar-refractivity contribution is 7.92. The summed E-state index contributed by atoms with van der Waals surface area (Å²) in [5, 5.41) is 10.1. The highest BCUT2D eigenvalue weighted by Gasteiger charge is 2.26. The minimum atomic E-state index is -3.95. The zero-order valence-electron chi connectivity index (χ0n) is 17.6. The van der Waals surface area contributed by atoms with E-state index in [4.69, 9.17) is 4.74 Å². The van der Waals surface area contributed by atoms with Gasteiger partial charge >= 0.3 is 0 Å². The molecule has 166 valence electrons. The van der Waals surface area contributed by atoms with E-state index in [9.17, 15) is 18.5 Å². The predicted molar refractivity (Wildman–Crippen MR) is 127 cm³/mol. The van der Waals surface area contributed by atoms with Gasteiger partial charge in [0.25, 0.3) is 10.0 Å². The van der Waals surface area contributed by atoms with Crippen LogP contribution in [0.5, 0.6) is 5.75 Å². The molecule has 0 aliphatic heterocycles. The van der Waals surface area contributed by atoms with Gasteiger partial charge in [-0.05, 0) is 55.5 Å². The van der Waals surface area contributed by atoms with Crippen molar-refractivity contribution in [2.24, 2.45) is 0 Å². The number of carbonyl (C=O) groups excluding carboxylic acids is 1. The molecule has 0 saturated heterocycles. The molecule has 4 rings (SSSR count). The van der Waals surface area contributed by atoms with E-state index in [0.717, 1.165) is 4.70 Å². The third kappa shape index (κ3) is 4.87. The van der Waals surface area contributed by atoms with E-state index in [2.05, 4.69) is 9.71 Å². The van der Waals surface area contributed by atoms with Crippen LogP contribution in [0, 0.1) is 11.3 Å². The monoisotopic (exact) mass is 477 g/mol. The highest BCUT2D eigenvalue weighted by Crippen LogP contribution is 2.30. The summed E-state index contributed by atoms with van der Waals surface area (Å²) in [5.41, 5.74) is 1.19. The Morgan fingerprint density at radius 2 is 1.88 bits per heavy atom. The number of anilines is 1. The smallest absolute Gasteiger partial charge is 0.261 e. The van der Waals surface area contributed by atoms with Gasteiger partial charge in [-0.1, -0.05) is 24.3 Å². The van der Waals surface area contributed by atoms with Crippen LogP contribution >= 0.6 is 11.3 Å². The normalized spacial score (nSPS) is 12.1. The van der Waals surface area contributed by atoms with Crippen molar-refractivity contribution >= 4 is 43.0 Å². The van der Waals surface area contributed by atoms with Gasteiger partial charge in [0.1, 0.15) is 10.8 Å². The number of carbonyl (C=O) groups is 1. The van der Waals surface area contributed by atoms with Gasteiger partial charge in [0.2, 0.25) is 0 Å². The second-order valence-corrected chi connectivity index (χ2v) is 9.78. The van der Waals surface area contributed by atoms with Crippen LogP contribution in [0.15, 0.2) is 77.7 Å². The lowest BCUT2D eigenvalue weighted by Gasteiger charge is -2.11. The Hall–Kier alpha value is -3.74. The number of rotatable bonds is 8. The maximum Gasteiger partial charge on any atom is 0.261 e. The van der Waals surface area contributed by atoms with Gasteiger partial charge in [0.05, 0.1) is 27.8 Å². The fraction of sp³-hybridized carbons (Fsp3) is 0.125. The lowest BCUT2D eigenvalue weighted by molar-refractivity contribution is 0.0978. The largest absolute Gasteiger partial charge is 0.494 e. The van der Waals surface area contributed by atoms with Crippen molar-refractivity contribution in [3.05, 3.63) is 83.4 Å². The minimum absolute atomic E-state index is 0.0803. The Bertz CT molecular complexity index is 1420. The number of aromatic nitrogens is 1. The summed E-state index contributed by atoms with van der Waals surface area (Å²) in [7, 11) is -3.95. The topological polar surface area (TPSA) is 109 Å². The number of ether oxygens (including phenoxy) is 1. The Morgan fingerprint density at radius 3 is 2.58 bits per heavy atom. The number of nitriles is 1. The molecule has 1 heterocycles. The van der Waals surface area contributed by atoms with Gasteiger partial charge in [0, 0.05) is 11.3 Å². The summed E-state index contributed by atoms with van der Waals surface area (Å²) in [6.07, 6.45) is 0. The number of thiazole rings is 1. The number of nitrogens with one attached hydrogen (secondary N) is 1. The fourth-order valence-corrected chi connectivity index (χ4v) is 5.34. The van der Waals surface area contributed by atoms with Gasteiger partial charge in [0.15, 0.2) is 11.7 Å². The summed E-state index contributed by atoms with van der Waals surface area (Å²) in [5.74, 6) is -1.00. The van der Waals surface area contributed by atoms with Crippen molar-refractivity contribution in [1.82, 2.24) is 4.98 Å². The summed E-state index contributed by atoms with van der Waals surface area (Å²) in [6.45, 7) is 2.37. The first-order valence-electron chi connectivity index (χ1n) is 10.1. The van der Waals surface area contributed by atoms with E-state index >= 15 is 0 Å². The molecule has 0 spiro atoms. The fourth-order valence-electron chi connectivity index (χ4n) is 3.22. The van der Waals surface area contributed by atoms with E-state index in [1.54, 1.807) is 24.3 Å². The lowest BCUT2D eigenvalue weighted by Crippen LogP contribution is -2.15. The van der Waals surface area contributed by atoms with Crippen molar-refractivity contribution in [3.63, 3.8) is 0 Å². The molecule has 0 aliphatic rings. The number of sulfonamides is 1. The molecule has 0 radical (unpaired) electrons. The molecule has 0 aliphatic carbocycles. The van der Waals surface area contributed by atoms with Crippen molar-refractivity contribution in [3.8, 4) is 11.8 Å². The molecule has 1 aromatic heterocycles. The second kappa shape index (κ2) is 9.40. The first-order valence-corrected chi connectivity index (χ1v) is 12.4. The Kier molecular flexibility index (Phi) is 6.40. The molecule has 7 nitrogen and oxygen atoms in total. The van der Waals surface area contributed by atoms with Crippen LogP contribution in [0.25, 0.3) is 10.2 Å². The third-order valence-electron chi connectivity index (χ3n) is 4.80. The average molecular weight is 478 g/mol. The minimum Gasteiger partial charge on any atom is -0.494 e. The Morgan fingerprint density at radius 1 is 1.12 bits per heavy atom. The molecule has 3 aromatic carbocycles. The summed E-state index contributed by atoms with van der Waals surface area (Å²) >= 11 is 1.27. The summed E-state index contributed by atoms with van der Waals surface area (Å²) < 4.78 is 34.5. The van der Waals surface area contributed by atoms with Crippen LogP contribution in [-0.4, -0.2) is 25.8 Å². The van der Waals surface area contributed by atoms with Crippen LogP contribution in [0.3, 0.4) is 0 Å². The Labute approximate surface area is 195 Å². The van der Waals surface area contributed by atoms with Crippen LogP contribution in [-0.2, 0) is 10.0 Å². The molecule has 4 aromatic rings. The molecule has 0 saturated carbocycles. The number of Topliss-reactive ketones (excluding diaryl/α,β-unsaturated/α-hetero) is 1. The number of benzene rings is 3. The van der Waals surface area contributed by atoms with Crippen molar-refractivity contribution in [2.75, 3.05) is 11.3 Å². The number of hydrogen-bond acceptors (Lipinski definition) is 7. The molecule has 1 atom stereocenters. The molecule has 0 amide bonds. The van der Waals surface area contributed by atoms with Crippen molar-refractivity contribution in [1.29, 1.82) is 5.26 Å². The van der Waals surface area contributed by atoms with E-state index in [1.165, 1.54) is 35.6 Å². The first-order chi connectivity index (χ1) is 15.9. The zero-order valence-corrected chi connectivity index (χ0v) is 19.2. The van der Waals surface area contributed by atoms with E-state index in [-0.39, 0.29) is 10.5 Å². The summed E-state index contributed by atoms with van der Waals surface area (Å²) in [4.78, 5) is 17.4. The molecule has 0 bridgehead atoms. The van der Waals surface area contributed by atoms with Gasteiger partial charge in [-0.15, -0.1) is 11.3 Å². The van der Waals surface area contributed by atoms with Gasteiger partial charge in [-0.2, -0.15) is 5.26 Å². The predicted octanol–water partition coefficient (Wildman–Crippen LogP) is 4.99. The molecule has 1 N–H and O–H groups in total. The first kappa shape index (κ1) is 22.5. The average Bonchev–Trinajstić information content (AvgIpc) is 3.24. The van der Waals surface area contributed by atoms with Crippen LogP contribution in [0.1, 0.15) is 28.2 Å². The number of hydrogen-bond donors (Lipinski definition) is 1. The third-order valence-corrected chi connectivity index (χ3v) is 7.28. The molecule has 1 unspecified atom stereocenters. The second-order valence-electron chi connectivity index (χ2n) is 7.04.